The molecule has 0 radical (unpaired) electrons. The average molecular weight is 251 g/mol. The molecule has 0 spiro atoms. The fraction of sp³-hybridized carbons (Fsp3) is 0.733. The number of aryl methyl sites for hydroxylation is 1. The van der Waals surface area contributed by atoms with Crippen molar-refractivity contribution in [1.29, 1.82) is 0 Å². The molecular weight excluding hydrogens is 226 g/mol. The molecular formula is C15H25NS. The van der Waals surface area contributed by atoms with E-state index < -0.39 is 0 Å². The van der Waals surface area contributed by atoms with Gasteiger partial charge >= 0.3 is 0 Å². The highest BCUT2D eigenvalue weighted by Crippen LogP contribution is 2.32. The fourth-order valence-electron chi connectivity index (χ4n) is 2.91. The number of nitrogens with one attached hydrogen (secondary N) is 1. The standard InChI is InChI=1S/C15H25NS/c1-10-6-5-7-14(12(10)3)16-13(4)15-9-8-11(2)17-15/h8-10,12-14,16H,5-7H2,1-4H3. The second-order valence-electron chi connectivity index (χ2n) is 5.71. The molecule has 96 valence electrons. The molecule has 1 fully saturated rings. The van der Waals surface area contributed by atoms with Gasteiger partial charge in [-0.2, -0.15) is 0 Å². The monoisotopic (exact) mass is 251 g/mol. The van der Waals surface area contributed by atoms with E-state index in [0.29, 0.717) is 12.1 Å². The van der Waals surface area contributed by atoms with Gasteiger partial charge in [0.05, 0.1) is 0 Å². The topological polar surface area (TPSA) is 12.0 Å². The number of hydrogen-bond acceptors (Lipinski definition) is 2. The third-order valence-corrected chi connectivity index (χ3v) is 5.54. The molecule has 2 rings (SSSR count). The molecule has 0 aromatic carbocycles. The Kier molecular flexibility index (Phi) is 4.26. The van der Waals surface area contributed by atoms with Gasteiger partial charge in [0.15, 0.2) is 0 Å². The first-order chi connectivity index (χ1) is 8.08. The van der Waals surface area contributed by atoms with E-state index in [2.05, 4.69) is 45.1 Å². The van der Waals surface area contributed by atoms with E-state index in [1.54, 1.807) is 0 Å². The first-order valence-corrected chi connectivity index (χ1v) is 7.72. The van der Waals surface area contributed by atoms with Crippen LogP contribution in [-0.4, -0.2) is 6.04 Å². The lowest BCUT2D eigenvalue weighted by Crippen LogP contribution is -2.41. The fourth-order valence-corrected chi connectivity index (χ4v) is 3.80. The van der Waals surface area contributed by atoms with Gasteiger partial charge < -0.3 is 5.32 Å². The molecule has 4 unspecified atom stereocenters. The van der Waals surface area contributed by atoms with Crippen molar-refractivity contribution in [3.8, 4) is 0 Å². The van der Waals surface area contributed by atoms with Gasteiger partial charge in [0.2, 0.25) is 0 Å². The van der Waals surface area contributed by atoms with Gasteiger partial charge in [-0.3, -0.25) is 0 Å². The third kappa shape index (κ3) is 3.11. The average Bonchev–Trinajstić information content (AvgIpc) is 2.72. The summed E-state index contributed by atoms with van der Waals surface area (Å²) in [5.41, 5.74) is 0. The Hall–Kier alpha value is -0.340. The highest BCUT2D eigenvalue weighted by molar-refractivity contribution is 7.12. The molecule has 0 saturated heterocycles. The van der Waals surface area contributed by atoms with Crippen molar-refractivity contribution in [1.82, 2.24) is 5.32 Å². The lowest BCUT2D eigenvalue weighted by Gasteiger charge is -2.36. The Morgan fingerprint density at radius 2 is 2.06 bits per heavy atom. The number of rotatable bonds is 3. The summed E-state index contributed by atoms with van der Waals surface area (Å²) in [4.78, 5) is 2.90. The Balaban J connectivity index is 1.96. The van der Waals surface area contributed by atoms with Crippen molar-refractivity contribution in [2.45, 2.75) is 59.0 Å². The smallest absolute Gasteiger partial charge is 0.0388 e. The summed E-state index contributed by atoms with van der Waals surface area (Å²) in [5.74, 6) is 1.69. The van der Waals surface area contributed by atoms with Gasteiger partial charge in [0, 0.05) is 21.8 Å². The molecule has 2 heteroatoms. The molecule has 1 nitrogen and oxygen atoms in total. The van der Waals surface area contributed by atoms with E-state index in [9.17, 15) is 0 Å². The number of hydrogen-bond donors (Lipinski definition) is 1. The second kappa shape index (κ2) is 5.53. The molecule has 4 atom stereocenters. The zero-order valence-corrected chi connectivity index (χ0v) is 12.3. The van der Waals surface area contributed by atoms with Crippen LogP contribution in [0.2, 0.25) is 0 Å². The predicted octanol–water partition coefficient (Wildman–Crippen LogP) is 4.53. The Morgan fingerprint density at radius 3 is 2.71 bits per heavy atom. The van der Waals surface area contributed by atoms with E-state index in [4.69, 9.17) is 0 Å². The van der Waals surface area contributed by atoms with Crippen molar-refractivity contribution in [2.75, 3.05) is 0 Å². The van der Waals surface area contributed by atoms with Gasteiger partial charge in [-0.15, -0.1) is 11.3 Å². The molecule has 1 N–H and O–H groups in total. The maximum Gasteiger partial charge on any atom is 0.0388 e. The van der Waals surface area contributed by atoms with Crippen LogP contribution in [-0.2, 0) is 0 Å². The van der Waals surface area contributed by atoms with E-state index in [0.717, 1.165) is 11.8 Å². The SMILES string of the molecule is Cc1ccc(C(C)NC2CCCC(C)C2C)s1. The second-order valence-corrected chi connectivity index (χ2v) is 7.03. The van der Waals surface area contributed by atoms with Gasteiger partial charge in [-0.1, -0.05) is 26.7 Å². The minimum Gasteiger partial charge on any atom is -0.306 e. The van der Waals surface area contributed by atoms with Crippen LogP contribution in [0.3, 0.4) is 0 Å². The van der Waals surface area contributed by atoms with Crippen LogP contribution in [0, 0.1) is 18.8 Å². The Morgan fingerprint density at radius 1 is 1.29 bits per heavy atom. The van der Waals surface area contributed by atoms with Crippen LogP contribution in [0.25, 0.3) is 0 Å². The van der Waals surface area contributed by atoms with Crippen molar-refractivity contribution in [2.24, 2.45) is 11.8 Å². The maximum atomic E-state index is 3.84. The van der Waals surface area contributed by atoms with Crippen LogP contribution in [0.1, 0.15) is 55.8 Å². The Bertz CT molecular complexity index is 358. The van der Waals surface area contributed by atoms with Crippen molar-refractivity contribution in [3.05, 3.63) is 21.9 Å². The highest BCUT2D eigenvalue weighted by Gasteiger charge is 2.28. The molecule has 17 heavy (non-hydrogen) atoms. The first kappa shape index (κ1) is 13.1. The zero-order chi connectivity index (χ0) is 12.4. The molecule has 1 aromatic rings. The minimum absolute atomic E-state index is 0.506. The predicted molar refractivity (Wildman–Crippen MR) is 76.6 cm³/mol. The van der Waals surface area contributed by atoms with Gasteiger partial charge in [0.1, 0.15) is 0 Å². The van der Waals surface area contributed by atoms with Crippen molar-refractivity contribution >= 4 is 11.3 Å². The summed E-state index contributed by atoms with van der Waals surface area (Å²) in [6.07, 6.45) is 4.14. The van der Waals surface area contributed by atoms with Crippen molar-refractivity contribution in [3.63, 3.8) is 0 Å². The summed E-state index contributed by atoms with van der Waals surface area (Å²) < 4.78 is 0. The van der Waals surface area contributed by atoms with Crippen LogP contribution < -0.4 is 5.32 Å². The molecule has 1 aliphatic rings. The van der Waals surface area contributed by atoms with Crippen molar-refractivity contribution < 1.29 is 0 Å². The summed E-state index contributed by atoms with van der Waals surface area (Å²) in [5, 5.41) is 3.84. The third-order valence-electron chi connectivity index (χ3n) is 4.36. The van der Waals surface area contributed by atoms with E-state index in [-0.39, 0.29) is 0 Å². The van der Waals surface area contributed by atoms with Crippen LogP contribution in [0.5, 0.6) is 0 Å². The quantitative estimate of drug-likeness (QED) is 0.832. The molecule has 0 bridgehead atoms. The minimum atomic E-state index is 0.506. The normalized spacial score (nSPS) is 31.4. The number of thiophene rings is 1. The molecule has 1 saturated carbocycles. The molecule has 1 heterocycles. The lowest BCUT2D eigenvalue weighted by atomic mass is 9.78. The molecule has 0 amide bonds. The first-order valence-electron chi connectivity index (χ1n) is 6.90. The van der Waals surface area contributed by atoms with E-state index in [1.165, 1.54) is 29.0 Å². The zero-order valence-electron chi connectivity index (χ0n) is 11.5. The molecule has 1 aliphatic carbocycles. The summed E-state index contributed by atoms with van der Waals surface area (Å²) in [6.45, 7) is 9.30. The molecule has 1 aromatic heterocycles. The maximum absolute atomic E-state index is 3.84. The van der Waals surface area contributed by atoms with Crippen LogP contribution in [0.15, 0.2) is 12.1 Å². The summed E-state index contributed by atoms with van der Waals surface area (Å²) in [7, 11) is 0. The summed E-state index contributed by atoms with van der Waals surface area (Å²) in [6, 6.07) is 5.71. The molecule has 0 aliphatic heterocycles. The van der Waals surface area contributed by atoms with E-state index >= 15 is 0 Å². The highest BCUT2D eigenvalue weighted by atomic mass is 32.1. The van der Waals surface area contributed by atoms with Gasteiger partial charge in [-0.05, 0) is 44.2 Å². The Labute approximate surface area is 110 Å². The van der Waals surface area contributed by atoms with Crippen LogP contribution >= 0.6 is 11.3 Å². The summed E-state index contributed by atoms with van der Waals surface area (Å²) >= 11 is 1.92. The van der Waals surface area contributed by atoms with E-state index in [1.807, 2.05) is 11.3 Å². The van der Waals surface area contributed by atoms with Crippen LogP contribution in [0.4, 0.5) is 0 Å². The van der Waals surface area contributed by atoms with Gasteiger partial charge in [-0.25, -0.2) is 0 Å². The lowest BCUT2D eigenvalue weighted by molar-refractivity contribution is 0.197. The van der Waals surface area contributed by atoms with Gasteiger partial charge in [0.25, 0.3) is 0 Å². The largest absolute Gasteiger partial charge is 0.306 e.